The highest BCUT2D eigenvalue weighted by molar-refractivity contribution is 4.82. The fraction of sp³-hybridized carbons (Fsp3) is 1.00. The van der Waals surface area contributed by atoms with Gasteiger partial charge in [0.25, 0.3) is 0 Å². The van der Waals surface area contributed by atoms with Crippen LogP contribution in [0.25, 0.3) is 0 Å². The largest absolute Gasteiger partial charge is 0.385 e. The number of methoxy groups -OCH3 is 1. The summed E-state index contributed by atoms with van der Waals surface area (Å²) < 4.78 is 5.07. The summed E-state index contributed by atoms with van der Waals surface area (Å²) in [6.07, 6.45) is 7.81. The molecule has 1 fully saturated rings. The van der Waals surface area contributed by atoms with Gasteiger partial charge in [-0.2, -0.15) is 0 Å². The quantitative estimate of drug-likeness (QED) is 0.676. The second-order valence-electron chi connectivity index (χ2n) is 5.03. The van der Waals surface area contributed by atoms with Crippen LogP contribution in [0.5, 0.6) is 0 Å². The van der Waals surface area contributed by atoms with Crippen LogP contribution in [0.3, 0.4) is 0 Å². The van der Waals surface area contributed by atoms with E-state index in [-0.39, 0.29) is 0 Å². The average molecular weight is 228 g/mol. The van der Waals surface area contributed by atoms with Crippen LogP contribution in [-0.2, 0) is 4.74 Å². The summed E-state index contributed by atoms with van der Waals surface area (Å²) in [5.74, 6) is 0.723. The second-order valence-corrected chi connectivity index (χ2v) is 5.03. The van der Waals surface area contributed by atoms with E-state index in [1.807, 2.05) is 0 Å². The fourth-order valence-corrected chi connectivity index (χ4v) is 2.82. The Labute approximate surface area is 100 Å². The number of hydrogen-bond acceptors (Lipinski definition) is 3. The SMILES string of the molecule is COCCCCN(C)C1CCCCC1CN. The minimum absolute atomic E-state index is 0.723. The van der Waals surface area contributed by atoms with Crippen LogP contribution >= 0.6 is 0 Å². The van der Waals surface area contributed by atoms with Crippen molar-refractivity contribution < 1.29 is 4.74 Å². The topological polar surface area (TPSA) is 38.5 Å². The summed E-state index contributed by atoms with van der Waals surface area (Å²) in [4.78, 5) is 2.52. The zero-order valence-electron chi connectivity index (χ0n) is 11.0. The molecule has 1 rings (SSSR count). The van der Waals surface area contributed by atoms with Crippen LogP contribution in [-0.4, -0.2) is 44.8 Å². The molecular weight excluding hydrogens is 200 g/mol. The van der Waals surface area contributed by atoms with Crippen LogP contribution < -0.4 is 5.73 Å². The van der Waals surface area contributed by atoms with Gasteiger partial charge in [-0.3, -0.25) is 0 Å². The molecule has 1 aliphatic rings. The molecule has 0 radical (unpaired) electrons. The molecule has 0 aromatic heterocycles. The number of rotatable bonds is 7. The third-order valence-electron chi connectivity index (χ3n) is 3.85. The molecule has 96 valence electrons. The first-order chi connectivity index (χ1) is 7.79. The van der Waals surface area contributed by atoms with Crippen LogP contribution in [0.1, 0.15) is 38.5 Å². The smallest absolute Gasteiger partial charge is 0.0462 e. The number of hydrogen-bond donors (Lipinski definition) is 1. The zero-order chi connectivity index (χ0) is 11.8. The van der Waals surface area contributed by atoms with Gasteiger partial charge in [0.15, 0.2) is 0 Å². The normalized spacial score (nSPS) is 26.2. The number of ether oxygens (including phenoxy) is 1. The Morgan fingerprint density at radius 3 is 2.69 bits per heavy atom. The maximum Gasteiger partial charge on any atom is 0.0462 e. The highest BCUT2D eigenvalue weighted by Crippen LogP contribution is 2.27. The van der Waals surface area contributed by atoms with Crippen LogP contribution in [0.4, 0.5) is 0 Å². The van der Waals surface area contributed by atoms with E-state index in [1.165, 1.54) is 45.1 Å². The Balaban J connectivity index is 2.24. The van der Waals surface area contributed by atoms with Crippen LogP contribution in [0, 0.1) is 5.92 Å². The Hall–Kier alpha value is -0.120. The molecule has 0 spiro atoms. The summed E-state index contributed by atoms with van der Waals surface area (Å²) in [5.41, 5.74) is 5.86. The van der Waals surface area contributed by atoms with Crippen molar-refractivity contribution in [2.45, 2.75) is 44.6 Å². The van der Waals surface area contributed by atoms with Gasteiger partial charge in [0.1, 0.15) is 0 Å². The molecule has 0 aromatic carbocycles. The molecule has 1 aliphatic carbocycles. The fourth-order valence-electron chi connectivity index (χ4n) is 2.82. The summed E-state index contributed by atoms with van der Waals surface area (Å²) in [7, 11) is 4.03. The van der Waals surface area contributed by atoms with Crippen molar-refractivity contribution in [1.29, 1.82) is 0 Å². The molecule has 0 saturated heterocycles. The molecule has 0 aliphatic heterocycles. The van der Waals surface area contributed by atoms with Gasteiger partial charge in [0.05, 0.1) is 0 Å². The minimum Gasteiger partial charge on any atom is -0.385 e. The highest BCUT2D eigenvalue weighted by atomic mass is 16.5. The standard InChI is InChI=1S/C13H28N2O/c1-15(9-5-6-10-16-2)13-8-4-3-7-12(13)11-14/h12-13H,3-11,14H2,1-2H3. The summed E-state index contributed by atoms with van der Waals surface area (Å²) >= 11 is 0. The monoisotopic (exact) mass is 228 g/mol. The first-order valence-electron chi connectivity index (χ1n) is 6.68. The molecule has 2 unspecified atom stereocenters. The van der Waals surface area contributed by atoms with E-state index in [1.54, 1.807) is 7.11 Å². The van der Waals surface area contributed by atoms with Crippen LogP contribution in [0.15, 0.2) is 0 Å². The van der Waals surface area contributed by atoms with E-state index < -0.39 is 0 Å². The Morgan fingerprint density at radius 1 is 1.25 bits per heavy atom. The molecule has 0 heterocycles. The molecule has 3 nitrogen and oxygen atoms in total. The van der Waals surface area contributed by atoms with E-state index >= 15 is 0 Å². The molecule has 0 aromatic rings. The molecule has 2 atom stereocenters. The maximum atomic E-state index is 5.86. The lowest BCUT2D eigenvalue weighted by Crippen LogP contribution is -2.43. The second kappa shape index (κ2) is 8.04. The van der Waals surface area contributed by atoms with E-state index in [9.17, 15) is 0 Å². The van der Waals surface area contributed by atoms with E-state index in [2.05, 4.69) is 11.9 Å². The Kier molecular flexibility index (Phi) is 7.01. The van der Waals surface area contributed by atoms with Crippen molar-refractivity contribution >= 4 is 0 Å². The minimum atomic E-state index is 0.723. The van der Waals surface area contributed by atoms with Gasteiger partial charge in [0, 0.05) is 19.8 Å². The lowest BCUT2D eigenvalue weighted by atomic mass is 9.83. The number of nitrogens with two attached hydrogens (primary N) is 1. The third-order valence-corrected chi connectivity index (χ3v) is 3.85. The molecular formula is C13H28N2O. The van der Waals surface area contributed by atoms with Crippen molar-refractivity contribution in [3.8, 4) is 0 Å². The first kappa shape index (κ1) is 13.9. The summed E-state index contributed by atoms with van der Waals surface area (Å²) in [6, 6.07) is 0.723. The molecule has 1 saturated carbocycles. The van der Waals surface area contributed by atoms with Gasteiger partial charge in [0.2, 0.25) is 0 Å². The molecule has 0 bridgehead atoms. The summed E-state index contributed by atoms with van der Waals surface area (Å²) in [5, 5.41) is 0. The van der Waals surface area contributed by atoms with E-state index in [0.29, 0.717) is 0 Å². The predicted molar refractivity (Wildman–Crippen MR) is 68.5 cm³/mol. The lowest BCUT2D eigenvalue weighted by molar-refractivity contribution is 0.126. The van der Waals surface area contributed by atoms with Crippen molar-refractivity contribution in [3.63, 3.8) is 0 Å². The molecule has 16 heavy (non-hydrogen) atoms. The number of unbranched alkanes of at least 4 members (excludes halogenated alkanes) is 1. The zero-order valence-corrected chi connectivity index (χ0v) is 11.0. The van der Waals surface area contributed by atoms with Gasteiger partial charge in [-0.15, -0.1) is 0 Å². The predicted octanol–water partition coefficient (Wildman–Crippen LogP) is 1.86. The van der Waals surface area contributed by atoms with E-state index in [4.69, 9.17) is 10.5 Å². The molecule has 3 heteroatoms. The first-order valence-corrected chi connectivity index (χ1v) is 6.68. The third kappa shape index (κ3) is 4.40. The van der Waals surface area contributed by atoms with Gasteiger partial charge in [-0.25, -0.2) is 0 Å². The lowest BCUT2D eigenvalue weighted by Gasteiger charge is -2.37. The van der Waals surface area contributed by atoms with Gasteiger partial charge >= 0.3 is 0 Å². The van der Waals surface area contributed by atoms with Crippen LogP contribution in [0.2, 0.25) is 0 Å². The Bertz CT molecular complexity index is 175. The Morgan fingerprint density at radius 2 is 2.00 bits per heavy atom. The molecule has 0 amide bonds. The van der Waals surface area contributed by atoms with Crippen molar-refractivity contribution in [2.24, 2.45) is 11.7 Å². The molecule has 2 N–H and O–H groups in total. The highest BCUT2D eigenvalue weighted by Gasteiger charge is 2.26. The maximum absolute atomic E-state index is 5.86. The van der Waals surface area contributed by atoms with Gasteiger partial charge < -0.3 is 15.4 Å². The van der Waals surface area contributed by atoms with Crippen molar-refractivity contribution in [3.05, 3.63) is 0 Å². The summed E-state index contributed by atoms with van der Waals surface area (Å²) in [6.45, 7) is 2.93. The van der Waals surface area contributed by atoms with Crippen molar-refractivity contribution in [1.82, 2.24) is 4.90 Å². The van der Waals surface area contributed by atoms with Gasteiger partial charge in [-0.1, -0.05) is 12.8 Å². The van der Waals surface area contributed by atoms with E-state index in [0.717, 1.165) is 25.1 Å². The average Bonchev–Trinajstić information content (AvgIpc) is 2.34. The van der Waals surface area contributed by atoms with Crippen molar-refractivity contribution in [2.75, 3.05) is 33.9 Å². The number of nitrogens with zero attached hydrogens (tertiary/aromatic N) is 1. The van der Waals surface area contributed by atoms with Gasteiger partial charge in [-0.05, 0) is 51.7 Å².